The van der Waals surface area contributed by atoms with E-state index in [-0.39, 0.29) is 52.9 Å². The second kappa shape index (κ2) is 10.4. The molecule has 0 saturated carbocycles. The Labute approximate surface area is 173 Å². The molecule has 2 heterocycles. The number of hydrogen-bond donors (Lipinski definition) is 2. The molecule has 9 nitrogen and oxygen atoms in total. The molecule has 0 radical (unpaired) electrons. The maximum absolute atomic E-state index is 12.5. The lowest BCUT2D eigenvalue weighted by Gasteiger charge is -2.29. The third kappa shape index (κ3) is 5.77. The second-order valence-electron chi connectivity index (χ2n) is 6.70. The van der Waals surface area contributed by atoms with Gasteiger partial charge in [-0.05, 0) is 52.3 Å². The van der Waals surface area contributed by atoms with Crippen LogP contribution >= 0.6 is 11.3 Å². The summed E-state index contributed by atoms with van der Waals surface area (Å²) >= 11 is 0.996. The van der Waals surface area contributed by atoms with Gasteiger partial charge in [0.05, 0.1) is 25.3 Å². The molecule has 10 heteroatoms. The van der Waals surface area contributed by atoms with Crippen molar-refractivity contribution < 1.29 is 28.7 Å². The topological polar surface area (TPSA) is 128 Å². The standard InChI is InChI=1S/C19H27N3O6S/c1-4-27-18(25)14-11(3)15(19(26)28-5-2)29-17(14)21-13(23)10-22-8-6-12(7-9-22)16(20)24/h12H,4-10H2,1-3H3,(H2,20,24)(H,21,23). The molecular formula is C19H27N3O6S. The maximum atomic E-state index is 12.5. The Morgan fingerprint density at radius 2 is 1.69 bits per heavy atom. The SMILES string of the molecule is CCOC(=O)c1sc(NC(=O)CN2CCC(C(N)=O)CC2)c(C(=O)OCC)c1C. The van der Waals surface area contributed by atoms with Crippen LogP contribution in [0.25, 0.3) is 0 Å². The van der Waals surface area contributed by atoms with E-state index in [4.69, 9.17) is 15.2 Å². The number of nitrogens with two attached hydrogens (primary N) is 1. The highest BCUT2D eigenvalue weighted by atomic mass is 32.1. The fourth-order valence-corrected chi connectivity index (χ4v) is 4.29. The lowest BCUT2D eigenvalue weighted by molar-refractivity contribution is -0.123. The van der Waals surface area contributed by atoms with Crippen LogP contribution in [-0.4, -0.2) is 61.5 Å². The highest BCUT2D eigenvalue weighted by Gasteiger charge is 2.28. The first-order valence-corrected chi connectivity index (χ1v) is 10.4. The molecule has 1 aromatic rings. The van der Waals surface area contributed by atoms with E-state index >= 15 is 0 Å². The largest absolute Gasteiger partial charge is 0.462 e. The van der Waals surface area contributed by atoms with Gasteiger partial charge in [0, 0.05) is 5.92 Å². The number of rotatable bonds is 8. The van der Waals surface area contributed by atoms with Gasteiger partial charge < -0.3 is 20.5 Å². The van der Waals surface area contributed by atoms with Gasteiger partial charge in [0.1, 0.15) is 9.88 Å². The van der Waals surface area contributed by atoms with E-state index in [1.54, 1.807) is 20.8 Å². The number of primary amides is 1. The van der Waals surface area contributed by atoms with Crippen molar-refractivity contribution in [1.82, 2.24) is 4.90 Å². The normalized spacial score (nSPS) is 15.0. The number of anilines is 1. The zero-order valence-electron chi connectivity index (χ0n) is 16.9. The predicted octanol–water partition coefficient (Wildman–Crippen LogP) is 1.55. The summed E-state index contributed by atoms with van der Waals surface area (Å²) < 4.78 is 10.1. The summed E-state index contributed by atoms with van der Waals surface area (Å²) in [4.78, 5) is 50.5. The number of nitrogens with one attached hydrogen (secondary N) is 1. The summed E-state index contributed by atoms with van der Waals surface area (Å²) in [5.41, 5.74) is 5.92. The van der Waals surface area contributed by atoms with Gasteiger partial charge in [-0.3, -0.25) is 14.5 Å². The average molecular weight is 426 g/mol. The average Bonchev–Trinajstić information content (AvgIpc) is 2.98. The summed E-state index contributed by atoms with van der Waals surface area (Å²) in [6, 6.07) is 0. The molecule has 3 N–H and O–H groups in total. The molecule has 2 rings (SSSR count). The van der Waals surface area contributed by atoms with Crippen molar-refractivity contribution in [1.29, 1.82) is 0 Å². The van der Waals surface area contributed by atoms with Gasteiger partial charge in [-0.2, -0.15) is 0 Å². The molecule has 29 heavy (non-hydrogen) atoms. The fourth-order valence-electron chi connectivity index (χ4n) is 3.19. The molecule has 1 saturated heterocycles. The number of nitrogens with zero attached hydrogens (tertiary/aromatic N) is 1. The van der Waals surface area contributed by atoms with Gasteiger partial charge in [-0.1, -0.05) is 0 Å². The van der Waals surface area contributed by atoms with Crippen molar-refractivity contribution in [2.75, 3.05) is 38.2 Å². The minimum absolute atomic E-state index is 0.111. The van der Waals surface area contributed by atoms with Crippen LogP contribution in [-0.2, 0) is 19.1 Å². The van der Waals surface area contributed by atoms with Crippen molar-refractivity contribution in [2.45, 2.75) is 33.6 Å². The van der Waals surface area contributed by atoms with Gasteiger partial charge in [-0.15, -0.1) is 11.3 Å². The first-order chi connectivity index (χ1) is 13.8. The number of amides is 2. The smallest absolute Gasteiger partial charge is 0.348 e. The predicted molar refractivity (Wildman–Crippen MR) is 108 cm³/mol. The Hall–Kier alpha value is -2.46. The molecule has 0 bridgehead atoms. The first kappa shape index (κ1) is 22.8. The van der Waals surface area contributed by atoms with Crippen LogP contribution in [0.5, 0.6) is 0 Å². The minimum Gasteiger partial charge on any atom is -0.462 e. The first-order valence-electron chi connectivity index (χ1n) is 9.57. The Kier molecular flexibility index (Phi) is 8.15. The molecule has 0 aliphatic carbocycles. The number of carbonyl (C=O) groups is 4. The van der Waals surface area contributed by atoms with E-state index in [0.717, 1.165) is 11.3 Å². The number of likely N-dealkylation sites (tertiary alicyclic amines) is 1. The molecule has 0 spiro atoms. The molecule has 1 aromatic heterocycles. The quantitative estimate of drug-likeness (QED) is 0.605. The summed E-state index contributed by atoms with van der Waals surface area (Å²) in [6.07, 6.45) is 1.23. The van der Waals surface area contributed by atoms with Crippen molar-refractivity contribution in [2.24, 2.45) is 11.7 Å². The van der Waals surface area contributed by atoms with Crippen LogP contribution in [0.2, 0.25) is 0 Å². The van der Waals surface area contributed by atoms with Gasteiger partial charge in [0.15, 0.2) is 0 Å². The van der Waals surface area contributed by atoms with E-state index in [0.29, 0.717) is 31.5 Å². The van der Waals surface area contributed by atoms with Crippen LogP contribution < -0.4 is 11.1 Å². The monoisotopic (exact) mass is 425 g/mol. The van der Waals surface area contributed by atoms with Crippen LogP contribution in [0.3, 0.4) is 0 Å². The van der Waals surface area contributed by atoms with E-state index < -0.39 is 11.9 Å². The van der Waals surface area contributed by atoms with Crippen LogP contribution in [0.1, 0.15) is 52.3 Å². The summed E-state index contributed by atoms with van der Waals surface area (Å²) in [6.45, 7) is 6.65. The third-order valence-electron chi connectivity index (χ3n) is 4.70. The van der Waals surface area contributed by atoms with Gasteiger partial charge in [-0.25, -0.2) is 9.59 Å². The number of ether oxygens (including phenoxy) is 2. The number of piperidine rings is 1. The highest BCUT2D eigenvalue weighted by Crippen LogP contribution is 2.34. The Morgan fingerprint density at radius 1 is 1.10 bits per heavy atom. The van der Waals surface area contributed by atoms with Crippen molar-refractivity contribution in [3.8, 4) is 0 Å². The van der Waals surface area contributed by atoms with Gasteiger partial charge in [0.2, 0.25) is 11.8 Å². The molecular weight excluding hydrogens is 398 g/mol. The third-order valence-corrected chi connectivity index (χ3v) is 5.88. The van der Waals surface area contributed by atoms with Crippen LogP contribution in [0.15, 0.2) is 0 Å². The number of carbonyl (C=O) groups excluding carboxylic acids is 4. The maximum Gasteiger partial charge on any atom is 0.348 e. The minimum atomic E-state index is -0.602. The molecule has 0 unspecified atom stereocenters. The second-order valence-corrected chi connectivity index (χ2v) is 7.72. The van der Waals surface area contributed by atoms with E-state index in [9.17, 15) is 19.2 Å². The van der Waals surface area contributed by atoms with Crippen LogP contribution in [0.4, 0.5) is 5.00 Å². The summed E-state index contributed by atoms with van der Waals surface area (Å²) in [7, 11) is 0. The molecule has 160 valence electrons. The lowest BCUT2D eigenvalue weighted by Crippen LogP contribution is -2.42. The van der Waals surface area contributed by atoms with Crippen molar-refractivity contribution >= 4 is 40.1 Å². The fraction of sp³-hybridized carbons (Fsp3) is 0.579. The number of thiophene rings is 1. The molecule has 1 aliphatic rings. The Balaban J connectivity index is 2.12. The molecule has 0 aromatic carbocycles. The number of hydrogen-bond acceptors (Lipinski definition) is 8. The summed E-state index contributed by atoms with van der Waals surface area (Å²) in [5.74, 6) is -1.93. The van der Waals surface area contributed by atoms with Crippen molar-refractivity contribution in [3.63, 3.8) is 0 Å². The van der Waals surface area contributed by atoms with Crippen LogP contribution in [0, 0.1) is 12.8 Å². The van der Waals surface area contributed by atoms with E-state index in [1.807, 2.05) is 4.90 Å². The van der Waals surface area contributed by atoms with E-state index in [2.05, 4.69) is 5.32 Å². The number of esters is 2. The molecule has 1 aliphatic heterocycles. The molecule has 1 fully saturated rings. The lowest BCUT2D eigenvalue weighted by atomic mass is 9.96. The van der Waals surface area contributed by atoms with Gasteiger partial charge in [0.25, 0.3) is 0 Å². The zero-order chi connectivity index (χ0) is 21.6. The molecule has 2 amide bonds. The van der Waals surface area contributed by atoms with E-state index in [1.165, 1.54) is 0 Å². The van der Waals surface area contributed by atoms with Crippen molar-refractivity contribution in [3.05, 3.63) is 16.0 Å². The Bertz CT molecular complexity index is 783. The Morgan fingerprint density at radius 3 is 2.24 bits per heavy atom. The zero-order valence-corrected chi connectivity index (χ0v) is 17.7. The highest BCUT2D eigenvalue weighted by molar-refractivity contribution is 7.18. The summed E-state index contributed by atoms with van der Waals surface area (Å²) in [5, 5.41) is 2.99. The van der Waals surface area contributed by atoms with Gasteiger partial charge >= 0.3 is 11.9 Å². The molecule has 0 atom stereocenters.